The molecule has 0 radical (unpaired) electrons. The molecular weight excluding hydrogens is 346 g/mol. The third-order valence-corrected chi connectivity index (χ3v) is 3.54. The van der Waals surface area contributed by atoms with E-state index in [1.165, 1.54) is 18.0 Å². The number of aliphatic hydroxyl groups excluding tert-OH is 1. The van der Waals surface area contributed by atoms with E-state index in [2.05, 4.69) is 21.0 Å². The molecule has 0 saturated heterocycles. The number of aromatic nitrogens is 2. The van der Waals surface area contributed by atoms with Crippen LogP contribution in [0.4, 0.5) is 8.78 Å². The topological polar surface area (TPSA) is 47.3 Å². The molecule has 1 N–H and O–H groups in total. The second-order valence-electron chi connectivity index (χ2n) is 4.82. The molecule has 4 nitrogen and oxygen atoms in total. The van der Waals surface area contributed by atoms with Gasteiger partial charge in [-0.2, -0.15) is 5.10 Å². The zero-order chi connectivity index (χ0) is 15.7. The van der Waals surface area contributed by atoms with Crippen molar-refractivity contribution >= 4 is 15.9 Å². The zero-order valence-electron chi connectivity index (χ0n) is 11.8. The van der Waals surface area contributed by atoms with E-state index < -0.39 is 23.3 Å². The van der Waals surface area contributed by atoms with E-state index in [1.54, 1.807) is 0 Å². The number of aliphatic hydroxyl groups is 1. The van der Waals surface area contributed by atoms with Crippen LogP contribution in [0.1, 0.15) is 37.3 Å². The van der Waals surface area contributed by atoms with Crippen LogP contribution in [-0.2, 0) is 0 Å². The number of hydrogen-bond acceptors (Lipinski definition) is 3. The van der Waals surface area contributed by atoms with Gasteiger partial charge in [-0.1, -0.05) is 15.9 Å². The molecule has 1 unspecified atom stereocenters. The van der Waals surface area contributed by atoms with Crippen molar-refractivity contribution in [3.8, 4) is 5.75 Å². The Morgan fingerprint density at radius 1 is 1.29 bits per heavy atom. The number of halogens is 3. The van der Waals surface area contributed by atoms with E-state index in [0.717, 1.165) is 12.1 Å². The standard InChI is InChI=1S/C14H15BrF2N2O2/c1-7(2)19-13(11(21-3)6-18-19)14(20)12-9(16)4-8(15)5-10(12)17/h4-7,14,20H,1-3H3. The summed E-state index contributed by atoms with van der Waals surface area (Å²) in [6.07, 6.45) is -0.106. The summed E-state index contributed by atoms with van der Waals surface area (Å²) in [7, 11) is 1.41. The van der Waals surface area contributed by atoms with E-state index in [1.807, 2.05) is 13.8 Å². The fourth-order valence-electron chi connectivity index (χ4n) is 2.14. The lowest BCUT2D eigenvalue weighted by atomic mass is 10.0. The van der Waals surface area contributed by atoms with Gasteiger partial charge in [0, 0.05) is 10.5 Å². The molecule has 1 aromatic carbocycles. The maximum Gasteiger partial charge on any atom is 0.163 e. The van der Waals surface area contributed by atoms with Gasteiger partial charge < -0.3 is 9.84 Å². The average Bonchev–Trinajstić information content (AvgIpc) is 2.80. The minimum absolute atomic E-state index is 0.0971. The van der Waals surface area contributed by atoms with Crippen LogP contribution in [0.15, 0.2) is 22.8 Å². The predicted molar refractivity (Wildman–Crippen MR) is 77.3 cm³/mol. The highest BCUT2D eigenvalue weighted by Gasteiger charge is 2.28. The van der Waals surface area contributed by atoms with Crippen molar-refractivity contribution in [2.24, 2.45) is 0 Å². The molecule has 21 heavy (non-hydrogen) atoms. The maximum absolute atomic E-state index is 14.0. The fraction of sp³-hybridized carbons (Fsp3) is 0.357. The van der Waals surface area contributed by atoms with Gasteiger partial charge in [-0.25, -0.2) is 8.78 Å². The summed E-state index contributed by atoms with van der Waals surface area (Å²) in [6.45, 7) is 3.69. The van der Waals surface area contributed by atoms with Crippen molar-refractivity contribution in [2.75, 3.05) is 7.11 Å². The van der Waals surface area contributed by atoms with Crippen LogP contribution in [0, 0.1) is 11.6 Å². The summed E-state index contributed by atoms with van der Waals surface area (Å²) in [5.41, 5.74) is -0.216. The smallest absolute Gasteiger partial charge is 0.163 e. The lowest BCUT2D eigenvalue weighted by Crippen LogP contribution is -2.15. The first kappa shape index (κ1) is 15.9. The fourth-order valence-corrected chi connectivity index (χ4v) is 2.54. The first-order valence-corrected chi connectivity index (χ1v) is 7.10. The molecule has 0 saturated carbocycles. The molecule has 0 bridgehead atoms. The highest BCUT2D eigenvalue weighted by atomic mass is 79.9. The van der Waals surface area contributed by atoms with Crippen LogP contribution in [0.25, 0.3) is 0 Å². The molecule has 0 aliphatic carbocycles. The summed E-state index contributed by atoms with van der Waals surface area (Å²) in [6, 6.07) is 2.11. The Hall–Kier alpha value is -1.47. The summed E-state index contributed by atoms with van der Waals surface area (Å²) < 4.78 is 34.9. The second-order valence-corrected chi connectivity index (χ2v) is 5.74. The minimum atomic E-state index is -1.52. The van der Waals surface area contributed by atoms with Gasteiger partial charge in [0.05, 0.1) is 18.9 Å². The van der Waals surface area contributed by atoms with E-state index in [-0.39, 0.29) is 22.0 Å². The molecule has 1 aromatic heterocycles. The summed E-state index contributed by atoms with van der Waals surface area (Å²) in [5, 5.41) is 14.5. The van der Waals surface area contributed by atoms with Crippen LogP contribution in [-0.4, -0.2) is 22.0 Å². The summed E-state index contributed by atoms with van der Waals surface area (Å²) in [4.78, 5) is 0. The van der Waals surface area contributed by atoms with E-state index in [9.17, 15) is 13.9 Å². The van der Waals surface area contributed by atoms with Gasteiger partial charge in [-0.15, -0.1) is 0 Å². The second kappa shape index (κ2) is 6.11. The molecule has 0 aliphatic heterocycles. The molecule has 0 aliphatic rings. The van der Waals surface area contributed by atoms with Crippen molar-refractivity contribution in [3.05, 3.63) is 45.7 Å². The van der Waals surface area contributed by atoms with E-state index >= 15 is 0 Å². The highest BCUT2D eigenvalue weighted by Crippen LogP contribution is 2.35. The van der Waals surface area contributed by atoms with Crippen LogP contribution in [0.3, 0.4) is 0 Å². The Morgan fingerprint density at radius 2 is 1.86 bits per heavy atom. The molecule has 1 atom stereocenters. The zero-order valence-corrected chi connectivity index (χ0v) is 13.4. The first-order valence-electron chi connectivity index (χ1n) is 6.30. The SMILES string of the molecule is COc1cnn(C(C)C)c1C(O)c1c(F)cc(Br)cc1F. The molecule has 114 valence electrons. The highest BCUT2D eigenvalue weighted by molar-refractivity contribution is 9.10. The Kier molecular flexibility index (Phi) is 4.63. The number of rotatable bonds is 4. The normalized spacial score (nSPS) is 12.8. The molecular formula is C14H15BrF2N2O2. The molecule has 2 aromatic rings. The number of benzene rings is 1. The third-order valence-electron chi connectivity index (χ3n) is 3.08. The van der Waals surface area contributed by atoms with Crippen molar-refractivity contribution in [2.45, 2.75) is 26.0 Å². The molecule has 0 fully saturated rings. The van der Waals surface area contributed by atoms with Crippen molar-refractivity contribution in [1.29, 1.82) is 0 Å². The quantitative estimate of drug-likeness (QED) is 0.905. The number of methoxy groups -OCH3 is 1. The predicted octanol–water partition coefficient (Wildman–Crippen LogP) is 3.60. The minimum Gasteiger partial charge on any atom is -0.493 e. The Bertz CT molecular complexity index is 635. The first-order chi connectivity index (χ1) is 9.86. The average molecular weight is 361 g/mol. The van der Waals surface area contributed by atoms with Crippen LogP contribution in [0.5, 0.6) is 5.75 Å². The largest absolute Gasteiger partial charge is 0.493 e. The summed E-state index contributed by atoms with van der Waals surface area (Å²) in [5.74, 6) is -1.40. The lowest BCUT2D eigenvalue weighted by molar-refractivity contribution is 0.189. The Labute approximate surface area is 129 Å². The molecule has 1 heterocycles. The van der Waals surface area contributed by atoms with Crippen LogP contribution >= 0.6 is 15.9 Å². The number of ether oxygens (including phenoxy) is 1. The van der Waals surface area contributed by atoms with Crippen molar-refractivity contribution in [1.82, 2.24) is 9.78 Å². The van der Waals surface area contributed by atoms with Gasteiger partial charge in [-0.3, -0.25) is 4.68 Å². The summed E-state index contributed by atoms with van der Waals surface area (Å²) >= 11 is 3.01. The number of hydrogen-bond donors (Lipinski definition) is 1. The van der Waals surface area contributed by atoms with E-state index in [0.29, 0.717) is 0 Å². The van der Waals surface area contributed by atoms with Gasteiger partial charge in [-0.05, 0) is 26.0 Å². The van der Waals surface area contributed by atoms with Gasteiger partial charge in [0.15, 0.2) is 5.75 Å². The van der Waals surface area contributed by atoms with Gasteiger partial charge in [0.1, 0.15) is 23.4 Å². The van der Waals surface area contributed by atoms with E-state index in [4.69, 9.17) is 4.74 Å². The maximum atomic E-state index is 14.0. The van der Waals surface area contributed by atoms with Gasteiger partial charge in [0.2, 0.25) is 0 Å². The van der Waals surface area contributed by atoms with Crippen LogP contribution < -0.4 is 4.74 Å². The molecule has 0 spiro atoms. The molecule has 7 heteroatoms. The lowest BCUT2D eigenvalue weighted by Gasteiger charge is -2.18. The molecule has 0 amide bonds. The molecule has 2 rings (SSSR count). The Balaban J connectivity index is 2.60. The van der Waals surface area contributed by atoms with Crippen molar-refractivity contribution in [3.63, 3.8) is 0 Å². The number of nitrogens with zero attached hydrogens (tertiary/aromatic N) is 2. The van der Waals surface area contributed by atoms with Crippen molar-refractivity contribution < 1.29 is 18.6 Å². The van der Waals surface area contributed by atoms with Gasteiger partial charge >= 0.3 is 0 Å². The van der Waals surface area contributed by atoms with Crippen LogP contribution in [0.2, 0.25) is 0 Å². The third kappa shape index (κ3) is 2.94. The van der Waals surface area contributed by atoms with Gasteiger partial charge in [0.25, 0.3) is 0 Å². The monoisotopic (exact) mass is 360 g/mol. The Morgan fingerprint density at radius 3 is 2.33 bits per heavy atom.